The van der Waals surface area contributed by atoms with Gasteiger partial charge >= 0.3 is 0 Å². The van der Waals surface area contributed by atoms with Crippen LogP contribution >= 0.6 is 11.8 Å². The van der Waals surface area contributed by atoms with Crippen molar-refractivity contribution in [1.82, 2.24) is 0 Å². The van der Waals surface area contributed by atoms with Crippen LogP contribution in [0.1, 0.15) is 5.56 Å². The molecule has 1 aromatic rings. The van der Waals surface area contributed by atoms with Crippen LogP contribution in [-0.2, 0) is 4.79 Å². The van der Waals surface area contributed by atoms with Gasteiger partial charge in [0.2, 0.25) is 0 Å². The number of benzene rings is 1. The summed E-state index contributed by atoms with van der Waals surface area (Å²) in [6, 6.07) is 8.13. The van der Waals surface area contributed by atoms with E-state index in [2.05, 4.69) is 6.58 Å². The zero-order valence-electron chi connectivity index (χ0n) is 7.62. The third-order valence-electron chi connectivity index (χ3n) is 1.63. The maximum absolute atomic E-state index is 10.9. The predicted molar refractivity (Wildman–Crippen MR) is 57.1 cm³/mol. The highest BCUT2D eigenvalue weighted by Gasteiger charge is 1.97. The van der Waals surface area contributed by atoms with Gasteiger partial charge in [-0.05, 0) is 25.1 Å². The van der Waals surface area contributed by atoms with Gasteiger partial charge in [-0.15, -0.1) is 11.8 Å². The van der Waals surface area contributed by atoms with Gasteiger partial charge in [0.25, 0.3) is 0 Å². The van der Waals surface area contributed by atoms with Crippen LogP contribution in [0.15, 0.2) is 41.8 Å². The van der Waals surface area contributed by atoms with Gasteiger partial charge in [-0.25, -0.2) is 0 Å². The number of ketones is 1. The van der Waals surface area contributed by atoms with Gasteiger partial charge in [0.15, 0.2) is 5.78 Å². The van der Waals surface area contributed by atoms with Crippen molar-refractivity contribution in [3.8, 4) is 0 Å². The lowest BCUT2D eigenvalue weighted by Crippen LogP contribution is -1.94. The second kappa shape index (κ2) is 4.87. The van der Waals surface area contributed by atoms with Crippen LogP contribution < -0.4 is 0 Å². The minimum atomic E-state index is 0.0746. The van der Waals surface area contributed by atoms with Gasteiger partial charge in [-0.2, -0.15) is 0 Å². The maximum atomic E-state index is 10.9. The lowest BCUT2D eigenvalue weighted by atomic mass is 10.2. The van der Waals surface area contributed by atoms with Gasteiger partial charge in [0.05, 0.1) is 5.75 Å². The molecule has 1 aromatic carbocycles. The van der Waals surface area contributed by atoms with Crippen molar-refractivity contribution >= 4 is 17.5 Å². The summed E-state index contributed by atoms with van der Waals surface area (Å²) in [5, 5.41) is 0. The molecule has 0 saturated heterocycles. The molecule has 2 heteroatoms. The Morgan fingerprint density at radius 1 is 1.46 bits per heavy atom. The SMILES string of the molecule is C=CC(=O)CSc1ccc(C)cc1. The highest BCUT2D eigenvalue weighted by Crippen LogP contribution is 2.17. The summed E-state index contributed by atoms with van der Waals surface area (Å²) in [5.74, 6) is 0.553. The molecule has 0 bridgehead atoms. The molecule has 0 aliphatic carbocycles. The van der Waals surface area contributed by atoms with E-state index < -0.39 is 0 Å². The highest BCUT2D eigenvalue weighted by molar-refractivity contribution is 8.00. The summed E-state index contributed by atoms with van der Waals surface area (Å²) < 4.78 is 0. The van der Waals surface area contributed by atoms with E-state index in [9.17, 15) is 4.79 Å². The van der Waals surface area contributed by atoms with Gasteiger partial charge in [-0.3, -0.25) is 4.79 Å². The van der Waals surface area contributed by atoms with E-state index in [1.165, 1.54) is 11.6 Å². The molecule has 1 nitrogen and oxygen atoms in total. The van der Waals surface area contributed by atoms with Crippen molar-refractivity contribution in [2.75, 3.05) is 5.75 Å². The fourth-order valence-corrected chi connectivity index (χ4v) is 1.60. The van der Waals surface area contributed by atoms with Crippen LogP contribution in [0, 0.1) is 6.92 Å². The quantitative estimate of drug-likeness (QED) is 0.539. The monoisotopic (exact) mass is 192 g/mol. The first kappa shape index (κ1) is 10.1. The molecule has 0 unspecified atom stereocenters. The minimum Gasteiger partial charge on any atom is -0.294 e. The molecule has 0 N–H and O–H groups in total. The van der Waals surface area contributed by atoms with Gasteiger partial charge < -0.3 is 0 Å². The highest BCUT2D eigenvalue weighted by atomic mass is 32.2. The molecule has 1 rings (SSSR count). The molecule has 0 spiro atoms. The molecule has 0 radical (unpaired) electrons. The zero-order chi connectivity index (χ0) is 9.68. The number of carbonyl (C=O) groups excluding carboxylic acids is 1. The van der Waals surface area contributed by atoms with Crippen molar-refractivity contribution in [2.24, 2.45) is 0 Å². The first-order valence-corrected chi connectivity index (χ1v) is 5.05. The molecule has 0 aromatic heterocycles. The van der Waals surface area contributed by atoms with Crippen LogP contribution in [0.4, 0.5) is 0 Å². The van der Waals surface area contributed by atoms with E-state index in [1.807, 2.05) is 31.2 Å². The number of rotatable bonds is 4. The number of thioether (sulfide) groups is 1. The van der Waals surface area contributed by atoms with Crippen LogP contribution in [0.25, 0.3) is 0 Å². The van der Waals surface area contributed by atoms with Gasteiger partial charge in [-0.1, -0.05) is 24.3 Å². The van der Waals surface area contributed by atoms with Crippen molar-refractivity contribution in [3.63, 3.8) is 0 Å². The molecular weight excluding hydrogens is 180 g/mol. The second-order valence-corrected chi connectivity index (χ2v) is 3.82. The lowest BCUT2D eigenvalue weighted by molar-refractivity contribution is -0.112. The van der Waals surface area contributed by atoms with Gasteiger partial charge in [0.1, 0.15) is 0 Å². The Hall–Kier alpha value is -1.02. The van der Waals surface area contributed by atoms with Crippen molar-refractivity contribution in [3.05, 3.63) is 42.5 Å². The van der Waals surface area contributed by atoms with Crippen molar-refractivity contribution in [2.45, 2.75) is 11.8 Å². The summed E-state index contributed by atoms with van der Waals surface area (Å²) in [5.41, 5.74) is 1.24. The molecule has 0 amide bonds. The molecule has 13 heavy (non-hydrogen) atoms. The topological polar surface area (TPSA) is 17.1 Å². The molecule has 0 heterocycles. The molecule has 0 atom stereocenters. The molecule has 0 fully saturated rings. The van der Waals surface area contributed by atoms with Gasteiger partial charge in [0, 0.05) is 4.90 Å². The third kappa shape index (κ3) is 3.47. The first-order valence-electron chi connectivity index (χ1n) is 4.07. The molecule has 68 valence electrons. The number of allylic oxidation sites excluding steroid dienone is 1. The van der Waals surface area contributed by atoms with Crippen LogP contribution in [0.2, 0.25) is 0 Å². The predicted octanol–water partition coefficient (Wildman–Crippen LogP) is 2.84. The number of hydrogen-bond donors (Lipinski definition) is 0. The van der Waals surface area contributed by atoms with E-state index >= 15 is 0 Å². The third-order valence-corrected chi connectivity index (χ3v) is 2.66. The second-order valence-electron chi connectivity index (χ2n) is 2.77. The minimum absolute atomic E-state index is 0.0746. The Labute approximate surface area is 82.9 Å². The first-order chi connectivity index (χ1) is 6.22. The Balaban J connectivity index is 2.50. The van der Waals surface area contributed by atoms with Crippen LogP contribution in [-0.4, -0.2) is 11.5 Å². The Morgan fingerprint density at radius 2 is 2.08 bits per heavy atom. The average Bonchev–Trinajstić information content (AvgIpc) is 2.16. The molecular formula is C11H12OS. The Bertz CT molecular complexity index is 300. The van der Waals surface area contributed by atoms with E-state index in [1.54, 1.807) is 11.8 Å². The average molecular weight is 192 g/mol. The van der Waals surface area contributed by atoms with Crippen molar-refractivity contribution < 1.29 is 4.79 Å². The van der Waals surface area contributed by atoms with E-state index in [4.69, 9.17) is 0 Å². The Kier molecular flexibility index (Phi) is 3.77. The van der Waals surface area contributed by atoms with Crippen LogP contribution in [0.3, 0.4) is 0 Å². The molecule has 0 aliphatic rings. The van der Waals surface area contributed by atoms with E-state index in [0.29, 0.717) is 5.75 Å². The number of carbonyl (C=O) groups is 1. The summed E-state index contributed by atoms with van der Waals surface area (Å²) in [6.07, 6.45) is 1.36. The Morgan fingerprint density at radius 3 is 2.62 bits per heavy atom. The maximum Gasteiger partial charge on any atom is 0.165 e. The van der Waals surface area contributed by atoms with E-state index in [0.717, 1.165) is 4.90 Å². The summed E-state index contributed by atoms with van der Waals surface area (Å²) in [7, 11) is 0. The van der Waals surface area contributed by atoms with E-state index in [-0.39, 0.29) is 5.78 Å². The number of hydrogen-bond acceptors (Lipinski definition) is 2. The summed E-state index contributed by atoms with van der Waals surface area (Å²) in [6.45, 7) is 5.47. The fraction of sp³-hybridized carbons (Fsp3) is 0.182. The number of aryl methyl sites for hydroxylation is 1. The standard InChI is InChI=1S/C11H12OS/c1-3-10(12)8-13-11-6-4-9(2)5-7-11/h3-7H,1,8H2,2H3. The normalized spacial score (nSPS) is 9.62. The zero-order valence-corrected chi connectivity index (χ0v) is 8.43. The van der Waals surface area contributed by atoms with Crippen molar-refractivity contribution in [1.29, 1.82) is 0 Å². The lowest BCUT2D eigenvalue weighted by Gasteiger charge is -1.98. The summed E-state index contributed by atoms with van der Waals surface area (Å²) in [4.78, 5) is 12.0. The smallest absolute Gasteiger partial charge is 0.165 e. The fourth-order valence-electron chi connectivity index (χ4n) is 0.848. The molecule has 0 aliphatic heterocycles. The summed E-state index contributed by atoms with van der Waals surface area (Å²) >= 11 is 1.54. The van der Waals surface area contributed by atoms with Crippen LogP contribution in [0.5, 0.6) is 0 Å². The largest absolute Gasteiger partial charge is 0.294 e. The molecule has 0 saturated carbocycles.